The van der Waals surface area contributed by atoms with Crippen molar-refractivity contribution in [3.8, 4) is 0 Å². The van der Waals surface area contributed by atoms with Crippen LogP contribution in [-0.2, 0) is 0 Å². The molecule has 3 atom stereocenters. The van der Waals surface area contributed by atoms with Crippen LogP contribution in [0.25, 0.3) is 0 Å². The highest BCUT2D eigenvalue weighted by Crippen LogP contribution is 2.43. The van der Waals surface area contributed by atoms with Crippen LogP contribution in [0, 0.1) is 12.8 Å². The van der Waals surface area contributed by atoms with Crippen LogP contribution in [-0.4, -0.2) is 37.9 Å². The van der Waals surface area contributed by atoms with E-state index in [0.29, 0.717) is 12.0 Å². The number of nitrogens with one attached hydrogen (secondary N) is 1. The third-order valence-corrected chi connectivity index (χ3v) is 4.66. The summed E-state index contributed by atoms with van der Waals surface area (Å²) < 4.78 is 0. The molecule has 3 nitrogen and oxygen atoms in total. The maximum atomic E-state index is 9.81. The number of nitrogens with zero attached hydrogens (tertiary/aromatic N) is 1. The molecule has 1 saturated heterocycles. The second-order valence-corrected chi connectivity index (χ2v) is 5.69. The van der Waals surface area contributed by atoms with E-state index in [9.17, 15) is 5.11 Å². The largest absolute Gasteiger partial charge is 0.396 e. The molecular formula is C15H22N2O. The molecule has 1 aromatic carbocycles. The van der Waals surface area contributed by atoms with Gasteiger partial charge in [-0.25, -0.2) is 0 Å². The molecule has 2 N–H and O–H groups in total. The van der Waals surface area contributed by atoms with Crippen LogP contribution in [0.15, 0.2) is 18.2 Å². The fraction of sp³-hybridized carbons (Fsp3) is 0.600. The summed E-state index contributed by atoms with van der Waals surface area (Å²) in [5.74, 6) is 0.817. The molecule has 3 unspecified atom stereocenters. The van der Waals surface area contributed by atoms with Crippen molar-refractivity contribution >= 4 is 5.69 Å². The number of benzene rings is 1. The van der Waals surface area contributed by atoms with Gasteiger partial charge in [-0.3, -0.25) is 0 Å². The Balaban J connectivity index is 2.08. The van der Waals surface area contributed by atoms with E-state index in [1.807, 2.05) is 0 Å². The molecule has 0 aliphatic carbocycles. The van der Waals surface area contributed by atoms with E-state index in [4.69, 9.17) is 0 Å². The third-order valence-electron chi connectivity index (χ3n) is 4.66. The first-order valence-electron chi connectivity index (χ1n) is 6.87. The Bertz CT molecular complexity index is 446. The van der Waals surface area contributed by atoms with Crippen LogP contribution in [0.2, 0.25) is 0 Å². The fourth-order valence-corrected chi connectivity index (χ4v) is 3.70. The first kappa shape index (κ1) is 12.0. The van der Waals surface area contributed by atoms with Crippen molar-refractivity contribution in [2.45, 2.75) is 25.3 Å². The van der Waals surface area contributed by atoms with E-state index in [1.165, 1.54) is 23.2 Å². The molecule has 2 heterocycles. The SMILES string of the molecule is Cc1ccc2c(c1)C(CO)C1CNCCC1N2C. The Morgan fingerprint density at radius 3 is 3.06 bits per heavy atom. The summed E-state index contributed by atoms with van der Waals surface area (Å²) in [5.41, 5.74) is 3.91. The number of anilines is 1. The highest BCUT2D eigenvalue weighted by Gasteiger charge is 2.40. The number of aliphatic hydroxyl groups excluding tert-OH is 1. The molecule has 2 aliphatic rings. The first-order valence-corrected chi connectivity index (χ1v) is 6.87. The van der Waals surface area contributed by atoms with Crippen LogP contribution in [0.5, 0.6) is 0 Å². The van der Waals surface area contributed by atoms with Gasteiger partial charge >= 0.3 is 0 Å². The second kappa shape index (κ2) is 4.56. The smallest absolute Gasteiger partial charge is 0.0504 e. The molecule has 2 aliphatic heterocycles. The Labute approximate surface area is 109 Å². The predicted octanol–water partition coefficient (Wildman–Crippen LogP) is 1.50. The number of hydrogen-bond donors (Lipinski definition) is 2. The lowest BCUT2D eigenvalue weighted by atomic mass is 9.74. The zero-order chi connectivity index (χ0) is 12.7. The number of piperidine rings is 1. The predicted molar refractivity (Wildman–Crippen MR) is 74.2 cm³/mol. The molecule has 98 valence electrons. The fourth-order valence-electron chi connectivity index (χ4n) is 3.70. The van der Waals surface area contributed by atoms with Crippen molar-refractivity contribution in [3.05, 3.63) is 29.3 Å². The van der Waals surface area contributed by atoms with Gasteiger partial charge in [0.25, 0.3) is 0 Å². The standard InChI is InChI=1S/C15H22N2O/c1-10-3-4-14-11(7-10)13(9-18)12-8-16-6-5-15(12)17(14)2/h3-4,7,12-13,15-16,18H,5-6,8-9H2,1-2H3. The van der Waals surface area contributed by atoms with E-state index in [2.05, 4.69) is 42.4 Å². The lowest BCUT2D eigenvalue weighted by Crippen LogP contribution is -2.54. The molecule has 1 fully saturated rings. The molecule has 0 aromatic heterocycles. The second-order valence-electron chi connectivity index (χ2n) is 5.69. The Morgan fingerprint density at radius 2 is 2.28 bits per heavy atom. The van der Waals surface area contributed by atoms with Gasteiger partial charge in [0.2, 0.25) is 0 Å². The summed E-state index contributed by atoms with van der Waals surface area (Å²) in [6.45, 7) is 4.49. The molecule has 0 spiro atoms. The van der Waals surface area contributed by atoms with Gasteiger partial charge in [-0.2, -0.15) is 0 Å². The lowest BCUT2D eigenvalue weighted by Gasteiger charge is -2.48. The van der Waals surface area contributed by atoms with Gasteiger partial charge in [0.1, 0.15) is 0 Å². The van der Waals surface area contributed by atoms with E-state index in [0.717, 1.165) is 13.1 Å². The first-order chi connectivity index (χ1) is 8.72. The summed E-state index contributed by atoms with van der Waals surface area (Å²) in [4.78, 5) is 2.42. The van der Waals surface area contributed by atoms with Crippen LogP contribution in [0.3, 0.4) is 0 Å². The molecule has 3 heteroatoms. The van der Waals surface area contributed by atoms with Gasteiger partial charge in [-0.15, -0.1) is 0 Å². The average Bonchev–Trinajstić information content (AvgIpc) is 2.39. The number of aryl methyl sites for hydroxylation is 1. The topological polar surface area (TPSA) is 35.5 Å². The van der Waals surface area contributed by atoms with Crippen molar-refractivity contribution in [1.29, 1.82) is 0 Å². The minimum Gasteiger partial charge on any atom is -0.396 e. The van der Waals surface area contributed by atoms with Gasteiger partial charge in [0.15, 0.2) is 0 Å². The Hall–Kier alpha value is -1.06. The number of fused-ring (bicyclic) bond motifs is 2. The number of rotatable bonds is 1. The molecule has 0 radical (unpaired) electrons. The highest BCUT2D eigenvalue weighted by atomic mass is 16.3. The maximum absolute atomic E-state index is 9.81. The quantitative estimate of drug-likeness (QED) is 0.788. The summed E-state index contributed by atoms with van der Waals surface area (Å²) in [7, 11) is 2.20. The van der Waals surface area contributed by atoms with Crippen molar-refractivity contribution in [2.75, 3.05) is 31.6 Å². The van der Waals surface area contributed by atoms with E-state index in [1.54, 1.807) is 0 Å². The van der Waals surface area contributed by atoms with Crippen LogP contribution >= 0.6 is 0 Å². The van der Waals surface area contributed by atoms with E-state index in [-0.39, 0.29) is 12.5 Å². The summed E-state index contributed by atoms with van der Waals surface area (Å²) in [5, 5.41) is 13.3. The van der Waals surface area contributed by atoms with Crippen LogP contribution in [0.1, 0.15) is 23.5 Å². The van der Waals surface area contributed by atoms with Gasteiger partial charge in [0, 0.05) is 37.2 Å². The number of hydrogen-bond acceptors (Lipinski definition) is 3. The van der Waals surface area contributed by atoms with Crippen molar-refractivity contribution in [3.63, 3.8) is 0 Å². The van der Waals surface area contributed by atoms with Crippen LogP contribution in [0.4, 0.5) is 5.69 Å². The third kappa shape index (κ3) is 1.73. The maximum Gasteiger partial charge on any atom is 0.0504 e. The Morgan fingerprint density at radius 1 is 1.44 bits per heavy atom. The lowest BCUT2D eigenvalue weighted by molar-refractivity contribution is 0.178. The van der Waals surface area contributed by atoms with Crippen LogP contribution < -0.4 is 10.2 Å². The number of aliphatic hydroxyl groups is 1. The molecule has 3 rings (SSSR count). The Kier molecular flexibility index (Phi) is 3.04. The van der Waals surface area contributed by atoms with Gasteiger partial charge in [-0.05, 0) is 31.5 Å². The molecule has 0 amide bonds. The average molecular weight is 246 g/mol. The van der Waals surface area contributed by atoms with E-state index >= 15 is 0 Å². The molecule has 1 aromatic rings. The summed E-state index contributed by atoms with van der Waals surface area (Å²) in [6.07, 6.45) is 1.17. The molecule has 0 saturated carbocycles. The summed E-state index contributed by atoms with van der Waals surface area (Å²) in [6, 6.07) is 7.20. The van der Waals surface area contributed by atoms with E-state index < -0.39 is 0 Å². The van der Waals surface area contributed by atoms with Gasteiger partial charge in [-0.1, -0.05) is 17.7 Å². The van der Waals surface area contributed by atoms with Crippen molar-refractivity contribution in [1.82, 2.24) is 5.32 Å². The zero-order valence-electron chi connectivity index (χ0n) is 11.2. The van der Waals surface area contributed by atoms with Crippen molar-refractivity contribution < 1.29 is 5.11 Å². The molecular weight excluding hydrogens is 224 g/mol. The molecule has 18 heavy (non-hydrogen) atoms. The minimum atomic E-state index is 0.257. The minimum absolute atomic E-state index is 0.257. The molecule has 0 bridgehead atoms. The van der Waals surface area contributed by atoms with Gasteiger partial charge in [0.05, 0.1) is 6.61 Å². The normalized spacial score (nSPS) is 30.8. The van der Waals surface area contributed by atoms with Crippen molar-refractivity contribution in [2.24, 2.45) is 5.92 Å². The zero-order valence-corrected chi connectivity index (χ0v) is 11.2. The monoisotopic (exact) mass is 246 g/mol. The highest BCUT2D eigenvalue weighted by molar-refractivity contribution is 5.59. The summed E-state index contributed by atoms with van der Waals surface area (Å²) >= 11 is 0. The van der Waals surface area contributed by atoms with Gasteiger partial charge < -0.3 is 15.3 Å².